The summed E-state index contributed by atoms with van der Waals surface area (Å²) in [6.07, 6.45) is 6.10. The van der Waals surface area contributed by atoms with Crippen LogP contribution >= 0.6 is 0 Å². The molecule has 6 heteroatoms. The van der Waals surface area contributed by atoms with Gasteiger partial charge < -0.3 is 10.0 Å². The predicted molar refractivity (Wildman–Crippen MR) is 129 cm³/mol. The summed E-state index contributed by atoms with van der Waals surface area (Å²) in [5, 5.41) is 9.10. The summed E-state index contributed by atoms with van der Waals surface area (Å²) in [6, 6.07) is 16.6. The molecule has 2 heterocycles. The number of sulfonamides is 1. The maximum atomic E-state index is 13.0. The molecule has 174 valence electrons. The molecule has 1 atom stereocenters. The SMILES string of the molecule is CC1CCCN1CCc1ccc(-c2ccc(S(=O)(=O)N3CCC(CCO)CC3)cc2)cc1. The van der Waals surface area contributed by atoms with E-state index in [1.165, 1.54) is 24.9 Å². The lowest BCUT2D eigenvalue weighted by atomic mass is 9.95. The number of rotatable bonds is 8. The second kappa shape index (κ2) is 10.5. The number of aliphatic hydroxyl groups is 1. The molecule has 1 N–H and O–H groups in total. The third-order valence-electron chi connectivity index (χ3n) is 7.27. The Hall–Kier alpha value is -1.73. The van der Waals surface area contributed by atoms with Gasteiger partial charge in [0.2, 0.25) is 10.0 Å². The summed E-state index contributed by atoms with van der Waals surface area (Å²) < 4.78 is 27.6. The highest BCUT2D eigenvalue weighted by Crippen LogP contribution is 2.27. The number of aliphatic hydroxyl groups excluding tert-OH is 1. The maximum absolute atomic E-state index is 13.0. The van der Waals surface area contributed by atoms with Crippen molar-refractivity contribution < 1.29 is 13.5 Å². The molecule has 2 saturated heterocycles. The Labute approximate surface area is 193 Å². The summed E-state index contributed by atoms with van der Waals surface area (Å²) in [6.45, 7) is 5.90. The minimum Gasteiger partial charge on any atom is -0.396 e. The number of likely N-dealkylation sites (tertiary alicyclic amines) is 1. The van der Waals surface area contributed by atoms with E-state index in [0.29, 0.717) is 29.9 Å². The van der Waals surface area contributed by atoms with E-state index in [1.54, 1.807) is 16.4 Å². The van der Waals surface area contributed by atoms with Crippen molar-refractivity contribution >= 4 is 10.0 Å². The monoisotopic (exact) mass is 456 g/mol. The number of hydrogen-bond acceptors (Lipinski definition) is 4. The van der Waals surface area contributed by atoms with Crippen LogP contribution in [0.1, 0.15) is 44.6 Å². The van der Waals surface area contributed by atoms with E-state index in [4.69, 9.17) is 5.11 Å². The van der Waals surface area contributed by atoms with E-state index < -0.39 is 10.0 Å². The molecule has 5 nitrogen and oxygen atoms in total. The van der Waals surface area contributed by atoms with Gasteiger partial charge in [-0.15, -0.1) is 0 Å². The molecule has 4 rings (SSSR count). The van der Waals surface area contributed by atoms with E-state index in [2.05, 4.69) is 36.1 Å². The van der Waals surface area contributed by atoms with Gasteiger partial charge in [-0.1, -0.05) is 36.4 Å². The fourth-order valence-electron chi connectivity index (χ4n) is 5.05. The third-order valence-corrected chi connectivity index (χ3v) is 9.18. The molecule has 0 aromatic heterocycles. The van der Waals surface area contributed by atoms with Crippen molar-refractivity contribution in [3.05, 3.63) is 54.1 Å². The first-order chi connectivity index (χ1) is 15.5. The molecule has 0 amide bonds. The van der Waals surface area contributed by atoms with Gasteiger partial charge in [0.15, 0.2) is 0 Å². The van der Waals surface area contributed by atoms with Crippen LogP contribution in [0.2, 0.25) is 0 Å². The van der Waals surface area contributed by atoms with Gasteiger partial charge in [-0.05, 0) is 86.7 Å². The zero-order valence-corrected chi connectivity index (χ0v) is 19.9. The molecule has 0 radical (unpaired) electrons. The Morgan fingerprint density at radius 1 is 0.906 bits per heavy atom. The highest BCUT2D eigenvalue weighted by Gasteiger charge is 2.29. The van der Waals surface area contributed by atoms with E-state index >= 15 is 0 Å². The largest absolute Gasteiger partial charge is 0.396 e. The van der Waals surface area contributed by atoms with Gasteiger partial charge in [0.25, 0.3) is 0 Å². The predicted octanol–water partition coefficient (Wildman–Crippen LogP) is 4.16. The number of benzene rings is 2. The van der Waals surface area contributed by atoms with Crippen LogP contribution in [0.3, 0.4) is 0 Å². The molecule has 0 saturated carbocycles. The molecule has 2 aromatic rings. The minimum atomic E-state index is -3.46. The molecule has 0 bridgehead atoms. The van der Waals surface area contributed by atoms with Crippen LogP contribution in [0, 0.1) is 5.92 Å². The summed E-state index contributed by atoms with van der Waals surface area (Å²) in [7, 11) is -3.46. The number of piperidine rings is 1. The average Bonchev–Trinajstić information content (AvgIpc) is 3.23. The second-order valence-corrected chi connectivity index (χ2v) is 11.3. The number of nitrogens with zero attached hydrogens (tertiary/aromatic N) is 2. The third kappa shape index (κ3) is 5.42. The lowest BCUT2D eigenvalue weighted by Gasteiger charge is -2.31. The molecule has 32 heavy (non-hydrogen) atoms. The fraction of sp³-hybridized carbons (Fsp3) is 0.538. The van der Waals surface area contributed by atoms with Crippen molar-refractivity contribution in [1.29, 1.82) is 0 Å². The van der Waals surface area contributed by atoms with E-state index in [-0.39, 0.29) is 6.61 Å². The van der Waals surface area contributed by atoms with Gasteiger partial charge in [-0.2, -0.15) is 4.31 Å². The van der Waals surface area contributed by atoms with Crippen molar-refractivity contribution in [2.75, 3.05) is 32.8 Å². The smallest absolute Gasteiger partial charge is 0.243 e. The molecule has 2 fully saturated rings. The van der Waals surface area contributed by atoms with E-state index in [0.717, 1.165) is 43.4 Å². The molecular weight excluding hydrogens is 420 g/mol. The van der Waals surface area contributed by atoms with E-state index in [1.807, 2.05) is 12.1 Å². The van der Waals surface area contributed by atoms with Crippen molar-refractivity contribution in [3.63, 3.8) is 0 Å². The van der Waals surface area contributed by atoms with Crippen molar-refractivity contribution in [3.8, 4) is 11.1 Å². The van der Waals surface area contributed by atoms with Gasteiger partial charge in [-0.25, -0.2) is 8.42 Å². The normalized spacial score (nSPS) is 21.2. The van der Waals surface area contributed by atoms with Gasteiger partial charge >= 0.3 is 0 Å². The quantitative estimate of drug-likeness (QED) is 0.648. The topological polar surface area (TPSA) is 60.9 Å². The molecule has 2 aliphatic rings. The van der Waals surface area contributed by atoms with Crippen molar-refractivity contribution in [1.82, 2.24) is 9.21 Å². The van der Waals surface area contributed by atoms with Crippen LogP contribution < -0.4 is 0 Å². The van der Waals surface area contributed by atoms with Crippen LogP contribution in [0.25, 0.3) is 11.1 Å². The Morgan fingerprint density at radius 2 is 1.53 bits per heavy atom. The first-order valence-electron chi connectivity index (χ1n) is 12.0. The standard InChI is InChI=1S/C26H36N2O3S/c1-21-3-2-16-27(21)17-12-22-4-6-24(7-5-22)25-8-10-26(11-9-25)32(30,31)28-18-13-23(14-19-28)15-20-29/h4-11,21,23,29H,2-3,12-20H2,1H3. The Balaban J connectivity index is 1.36. The highest BCUT2D eigenvalue weighted by molar-refractivity contribution is 7.89. The van der Waals surface area contributed by atoms with Gasteiger partial charge in [0, 0.05) is 32.3 Å². The molecule has 2 aliphatic heterocycles. The van der Waals surface area contributed by atoms with Crippen LogP contribution in [-0.4, -0.2) is 61.6 Å². The highest BCUT2D eigenvalue weighted by atomic mass is 32.2. The molecule has 1 unspecified atom stereocenters. The first kappa shape index (κ1) is 23.4. The lowest BCUT2D eigenvalue weighted by molar-refractivity contribution is 0.208. The van der Waals surface area contributed by atoms with Crippen molar-refractivity contribution in [2.24, 2.45) is 5.92 Å². The zero-order chi connectivity index (χ0) is 22.6. The van der Waals surface area contributed by atoms with Gasteiger partial charge in [-0.3, -0.25) is 0 Å². The molecule has 2 aromatic carbocycles. The molecule has 0 aliphatic carbocycles. The first-order valence-corrected chi connectivity index (χ1v) is 13.5. The summed E-state index contributed by atoms with van der Waals surface area (Å²) in [4.78, 5) is 2.93. The molecule has 0 spiro atoms. The second-order valence-electron chi connectivity index (χ2n) is 9.36. The Morgan fingerprint density at radius 3 is 2.09 bits per heavy atom. The Bertz CT molecular complexity index is 965. The maximum Gasteiger partial charge on any atom is 0.243 e. The Kier molecular flexibility index (Phi) is 7.66. The number of hydrogen-bond donors (Lipinski definition) is 1. The molecular formula is C26H36N2O3S. The fourth-order valence-corrected chi connectivity index (χ4v) is 6.52. The van der Waals surface area contributed by atoms with Gasteiger partial charge in [0.05, 0.1) is 4.90 Å². The van der Waals surface area contributed by atoms with Crippen molar-refractivity contribution in [2.45, 2.75) is 56.4 Å². The van der Waals surface area contributed by atoms with Gasteiger partial charge in [0.1, 0.15) is 0 Å². The van der Waals surface area contributed by atoms with E-state index in [9.17, 15) is 8.42 Å². The average molecular weight is 457 g/mol. The van der Waals surface area contributed by atoms with Crippen LogP contribution in [0.15, 0.2) is 53.4 Å². The van der Waals surface area contributed by atoms with Crippen LogP contribution in [-0.2, 0) is 16.4 Å². The van der Waals surface area contributed by atoms with Crippen LogP contribution in [0.4, 0.5) is 0 Å². The summed E-state index contributed by atoms with van der Waals surface area (Å²) in [5.41, 5.74) is 3.49. The minimum absolute atomic E-state index is 0.178. The summed E-state index contributed by atoms with van der Waals surface area (Å²) in [5.74, 6) is 0.426. The van der Waals surface area contributed by atoms with Crippen LogP contribution in [0.5, 0.6) is 0 Å². The lowest BCUT2D eigenvalue weighted by Crippen LogP contribution is -2.38. The summed E-state index contributed by atoms with van der Waals surface area (Å²) >= 11 is 0. The zero-order valence-electron chi connectivity index (χ0n) is 19.1.